The number of benzene rings is 1. The van der Waals surface area contributed by atoms with Crippen LogP contribution in [0.2, 0.25) is 0 Å². The van der Waals surface area contributed by atoms with Gasteiger partial charge in [0.1, 0.15) is 0 Å². The van der Waals surface area contributed by atoms with Crippen LogP contribution in [0.4, 0.5) is 13.2 Å². The van der Waals surface area contributed by atoms with Gasteiger partial charge in [-0.3, -0.25) is 0 Å². The van der Waals surface area contributed by atoms with E-state index < -0.39 is 17.5 Å². The van der Waals surface area contributed by atoms with Gasteiger partial charge in [0.05, 0.1) is 0 Å². The predicted octanol–water partition coefficient (Wildman–Crippen LogP) is 2.83. The Balaban J connectivity index is 2.42. The molecule has 0 heterocycles. The zero-order valence-corrected chi connectivity index (χ0v) is 11.6. The lowest BCUT2D eigenvalue weighted by atomic mass is 10.2. The van der Waals surface area contributed by atoms with Crippen LogP contribution in [-0.2, 0) is 6.54 Å². The van der Waals surface area contributed by atoms with Crippen molar-refractivity contribution in [3.8, 4) is 0 Å². The van der Waals surface area contributed by atoms with Gasteiger partial charge in [-0.15, -0.1) is 0 Å². The smallest absolute Gasteiger partial charge is 0.194 e. The molecule has 0 radical (unpaired) electrons. The average Bonchev–Trinajstić information content (AvgIpc) is 2.35. The van der Waals surface area contributed by atoms with Crippen molar-refractivity contribution in [1.82, 2.24) is 10.6 Å². The maximum absolute atomic E-state index is 13.4. The Morgan fingerprint density at radius 3 is 2.32 bits per heavy atom. The molecule has 2 nitrogen and oxygen atoms in total. The Morgan fingerprint density at radius 1 is 1.00 bits per heavy atom. The van der Waals surface area contributed by atoms with E-state index in [-0.39, 0.29) is 18.2 Å². The molecule has 0 aliphatic rings. The Kier molecular flexibility index (Phi) is 6.31. The molecule has 0 saturated heterocycles. The Labute approximate surface area is 112 Å². The molecule has 0 amide bonds. The number of hydrogen-bond acceptors (Lipinski definition) is 2. The maximum Gasteiger partial charge on any atom is 0.194 e. The molecule has 2 N–H and O–H groups in total. The van der Waals surface area contributed by atoms with Crippen LogP contribution in [0.5, 0.6) is 0 Å². The lowest BCUT2D eigenvalue weighted by molar-refractivity contribution is 0.430. The quantitative estimate of drug-likeness (QED) is 0.747. The number of hydrogen-bond donors (Lipinski definition) is 2. The van der Waals surface area contributed by atoms with E-state index in [1.165, 1.54) is 6.07 Å². The Morgan fingerprint density at radius 2 is 1.68 bits per heavy atom. The van der Waals surface area contributed by atoms with Gasteiger partial charge in [-0.2, -0.15) is 0 Å². The molecule has 5 heteroatoms. The second-order valence-corrected chi connectivity index (χ2v) is 5.17. The molecule has 0 aliphatic carbocycles. The fraction of sp³-hybridized carbons (Fsp3) is 0.571. The largest absolute Gasteiger partial charge is 0.315 e. The first-order valence-electron chi connectivity index (χ1n) is 6.48. The summed E-state index contributed by atoms with van der Waals surface area (Å²) in [5.74, 6) is -3.12. The van der Waals surface area contributed by atoms with Crippen molar-refractivity contribution >= 4 is 0 Å². The highest BCUT2D eigenvalue weighted by Gasteiger charge is 2.13. The molecule has 1 unspecified atom stereocenters. The van der Waals surface area contributed by atoms with E-state index in [1.807, 2.05) is 6.92 Å². The van der Waals surface area contributed by atoms with Gasteiger partial charge in [-0.25, -0.2) is 13.2 Å². The van der Waals surface area contributed by atoms with Gasteiger partial charge in [0, 0.05) is 24.7 Å². The van der Waals surface area contributed by atoms with Crippen molar-refractivity contribution in [3.63, 3.8) is 0 Å². The molecule has 0 spiro atoms. The summed E-state index contributed by atoms with van der Waals surface area (Å²) in [5, 5.41) is 6.33. The van der Waals surface area contributed by atoms with Crippen LogP contribution >= 0.6 is 0 Å². The van der Waals surface area contributed by atoms with E-state index in [0.717, 1.165) is 19.2 Å². The molecule has 0 fully saturated rings. The molecule has 1 rings (SSSR count). The van der Waals surface area contributed by atoms with Gasteiger partial charge in [0.15, 0.2) is 17.5 Å². The summed E-state index contributed by atoms with van der Waals surface area (Å²) in [6.07, 6.45) is 0. The normalized spacial score (nSPS) is 13.0. The summed E-state index contributed by atoms with van der Waals surface area (Å²) in [6, 6.07) is 2.32. The van der Waals surface area contributed by atoms with Crippen LogP contribution < -0.4 is 10.6 Å². The number of rotatable bonds is 7. The van der Waals surface area contributed by atoms with Crippen LogP contribution in [-0.4, -0.2) is 19.1 Å². The summed E-state index contributed by atoms with van der Waals surface area (Å²) >= 11 is 0. The topological polar surface area (TPSA) is 24.1 Å². The van der Waals surface area contributed by atoms with E-state index in [4.69, 9.17) is 0 Å². The highest BCUT2D eigenvalue weighted by Crippen LogP contribution is 2.14. The van der Waals surface area contributed by atoms with Crippen molar-refractivity contribution in [2.45, 2.75) is 33.4 Å². The first-order valence-corrected chi connectivity index (χ1v) is 6.48. The zero-order valence-electron chi connectivity index (χ0n) is 11.6. The maximum atomic E-state index is 13.4. The van der Waals surface area contributed by atoms with Crippen molar-refractivity contribution < 1.29 is 13.2 Å². The van der Waals surface area contributed by atoms with Gasteiger partial charge in [0.25, 0.3) is 0 Å². The van der Waals surface area contributed by atoms with Crippen molar-refractivity contribution in [3.05, 3.63) is 35.1 Å². The molecule has 19 heavy (non-hydrogen) atoms. The van der Waals surface area contributed by atoms with Gasteiger partial charge < -0.3 is 10.6 Å². The fourth-order valence-electron chi connectivity index (χ4n) is 1.65. The minimum atomic E-state index is -1.41. The second kappa shape index (κ2) is 7.50. The van der Waals surface area contributed by atoms with Crippen LogP contribution in [0.15, 0.2) is 12.1 Å². The molecule has 1 aromatic carbocycles. The van der Waals surface area contributed by atoms with E-state index in [1.54, 1.807) is 0 Å². The van der Waals surface area contributed by atoms with E-state index in [0.29, 0.717) is 5.92 Å². The van der Waals surface area contributed by atoms with Crippen molar-refractivity contribution in [2.75, 3.05) is 13.1 Å². The summed E-state index contributed by atoms with van der Waals surface area (Å²) < 4.78 is 39.2. The highest BCUT2D eigenvalue weighted by molar-refractivity contribution is 5.20. The third-order valence-electron chi connectivity index (χ3n) is 2.76. The standard InChI is InChI=1S/C14H21F3N2/c1-9(2)6-18-7-10(3)19-8-11-4-5-12(15)14(17)13(11)16/h4-5,9-10,18-19H,6-8H2,1-3H3. The van der Waals surface area contributed by atoms with Crippen LogP contribution in [0.1, 0.15) is 26.3 Å². The zero-order chi connectivity index (χ0) is 14.4. The third-order valence-corrected chi connectivity index (χ3v) is 2.76. The lowest BCUT2D eigenvalue weighted by Crippen LogP contribution is -2.37. The van der Waals surface area contributed by atoms with Gasteiger partial charge >= 0.3 is 0 Å². The molecule has 0 aromatic heterocycles. The fourth-order valence-corrected chi connectivity index (χ4v) is 1.65. The van der Waals surface area contributed by atoms with Gasteiger partial charge in [-0.1, -0.05) is 19.9 Å². The molecule has 0 bridgehead atoms. The average molecular weight is 274 g/mol. The van der Waals surface area contributed by atoms with Gasteiger partial charge in [-0.05, 0) is 25.5 Å². The second-order valence-electron chi connectivity index (χ2n) is 5.17. The van der Waals surface area contributed by atoms with E-state index >= 15 is 0 Å². The monoisotopic (exact) mass is 274 g/mol. The first kappa shape index (κ1) is 16.0. The summed E-state index contributed by atoms with van der Waals surface area (Å²) in [6.45, 7) is 8.00. The van der Waals surface area contributed by atoms with Crippen LogP contribution in [0.3, 0.4) is 0 Å². The van der Waals surface area contributed by atoms with Crippen molar-refractivity contribution in [2.24, 2.45) is 5.92 Å². The minimum Gasteiger partial charge on any atom is -0.315 e. The lowest BCUT2D eigenvalue weighted by Gasteiger charge is -2.16. The minimum absolute atomic E-state index is 0.117. The predicted molar refractivity (Wildman–Crippen MR) is 70.3 cm³/mol. The van der Waals surface area contributed by atoms with Gasteiger partial charge in [0.2, 0.25) is 0 Å². The molecular weight excluding hydrogens is 253 g/mol. The first-order chi connectivity index (χ1) is 8.91. The summed E-state index contributed by atoms with van der Waals surface area (Å²) in [7, 11) is 0. The molecule has 0 saturated carbocycles. The summed E-state index contributed by atoms with van der Waals surface area (Å²) in [4.78, 5) is 0. The molecule has 1 atom stereocenters. The number of nitrogens with one attached hydrogen (secondary N) is 2. The highest BCUT2D eigenvalue weighted by atomic mass is 19.2. The van der Waals surface area contributed by atoms with Crippen LogP contribution in [0, 0.1) is 23.4 Å². The molecule has 0 aliphatic heterocycles. The van der Waals surface area contributed by atoms with E-state index in [9.17, 15) is 13.2 Å². The van der Waals surface area contributed by atoms with E-state index in [2.05, 4.69) is 24.5 Å². The molecule has 108 valence electrons. The Bertz CT molecular complexity index is 408. The summed E-state index contributed by atoms with van der Waals surface area (Å²) in [5.41, 5.74) is 0.134. The Hall–Kier alpha value is -1.07. The van der Waals surface area contributed by atoms with Crippen molar-refractivity contribution in [1.29, 1.82) is 0 Å². The molecular formula is C14H21F3N2. The third kappa shape index (κ3) is 5.20. The SMILES string of the molecule is CC(C)CNCC(C)NCc1ccc(F)c(F)c1F. The number of halogens is 3. The van der Waals surface area contributed by atoms with Crippen LogP contribution in [0.25, 0.3) is 0 Å². The molecule has 1 aromatic rings.